The van der Waals surface area contributed by atoms with E-state index in [0.29, 0.717) is 6.04 Å². The summed E-state index contributed by atoms with van der Waals surface area (Å²) >= 11 is 0. The highest BCUT2D eigenvalue weighted by Gasteiger charge is 2.25. The average Bonchev–Trinajstić information content (AvgIpc) is 2.04. The Labute approximate surface area is 69.6 Å². The summed E-state index contributed by atoms with van der Waals surface area (Å²) in [6, 6.07) is 0.529. The molecule has 0 saturated carbocycles. The van der Waals surface area contributed by atoms with Crippen molar-refractivity contribution < 1.29 is 9.05 Å². The molecule has 1 rings (SSSR count). The average molecular weight is 177 g/mol. The number of hydrogen-bond acceptors (Lipinski definition) is 3. The third kappa shape index (κ3) is 2.38. The van der Waals surface area contributed by atoms with Crippen LogP contribution in [0, 0.1) is 0 Å². The van der Waals surface area contributed by atoms with E-state index in [1.165, 1.54) is 0 Å². The fourth-order valence-electron chi connectivity index (χ4n) is 1.13. The maximum atomic E-state index is 5.47. The van der Waals surface area contributed by atoms with Gasteiger partial charge in [-0.2, -0.15) is 0 Å². The van der Waals surface area contributed by atoms with Crippen molar-refractivity contribution in [3.63, 3.8) is 0 Å². The second-order valence-corrected chi connectivity index (χ2v) is 4.48. The molecule has 0 aromatic rings. The van der Waals surface area contributed by atoms with Gasteiger partial charge in [-0.1, -0.05) is 0 Å². The van der Waals surface area contributed by atoms with Crippen molar-refractivity contribution in [1.82, 2.24) is 4.67 Å². The lowest BCUT2D eigenvalue weighted by Gasteiger charge is -2.35. The van der Waals surface area contributed by atoms with Gasteiger partial charge >= 0.3 is 0 Å². The standard InChI is InChI=1S/C7H16NO2P/c1-7(2)8-5-4-6-10-11(8)9-3/h7H,4-6H2,1-3H3. The molecule has 0 bridgehead atoms. The molecule has 0 aromatic carbocycles. The molecule has 3 nitrogen and oxygen atoms in total. The molecule has 1 aliphatic heterocycles. The van der Waals surface area contributed by atoms with Gasteiger partial charge < -0.3 is 9.05 Å². The van der Waals surface area contributed by atoms with Crippen molar-refractivity contribution in [2.75, 3.05) is 20.3 Å². The summed E-state index contributed by atoms with van der Waals surface area (Å²) in [5.74, 6) is 0. The van der Waals surface area contributed by atoms with Gasteiger partial charge in [0.2, 0.25) is 0 Å². The van der Waals surface area contributed by atoms with Gasteiger partial charge in [0.25, 0.3) is 8.53 Å². The van der Waals surface area contributed by atoms with Gasteiger partial charge in [0.1, 0.15) is 0 Å². The molecule has 0 aromatic heterocycles. The summed E-state index contributed by atoms with van der Waals surface area (Å²) in [6.07, 6.45) is 1.13. The molecule has 1 saturated heterocycles. The Bertz CT molecular complexity index is 121. The number of nitrogens with zero attached hydrogens (tertiary/aromatic N) is 1. The lowest BCUT2D eigenvalue weighted by molar-refractivity contribution is 0.169. The Kier molecular flexibility index (Phi) is 3.73. The molecule has 1 heterocycles. The lowest BCUT2D eigenvalue weighted by Crippen LogP contribution is -2.32. The Morgan fingerprint density at radius 3 is 2.73 bits per heavy atom. The van der Waals surface area contributed by atoms with Crippen LogP contribution in [-0.2, 0) is 9.05 Å². The fraction of sp³-hybridized carbons (Fsp3) is 1.00. The molecule has 0 amide bonds. The predicted octanol–water partition coefficient (Wildman–Crippen LogP) is 1.99. The van der Waals surface area contributed by atoms with Gasteiger partial charge in [-0.25, -0.2) is 4.67 Å². The van der Waals surface area contributed by atoms with E-state index in [1.54, 1.807) is 7.11 Å². The molecule has 1 fully saturated rings. The molecule has 0 radical (unpaired) electrons. The number of rotatable bonds is 2. The SMILES string of the molecule is COP1OCCCN1C(C)C. The first-order valence-corrected chi connectivity index (χ1v) is 5.12. The minimum Gasteiger partial charge on any atom is -0.325 e. The molecule has 1 aliphatic rings. The molecule has 0 N–H and O–H groups in total. The van der Waals surface area contributed by atoms with Gasteiger partial charge in [-0.15, -0.1) is 0 Å². The minimum absolute atomic E-state index is 0.529. The van der Waals surface area contributed by atoms with E-state index in [0.717, 1.165) is 19.6 Å². The van der Waals surface area contributed by atoms with Crippen LogP contribution in [-0.4, -0.2) is 31.0 Å². The van der Waals surface area contributed by atoms with Crippen LogP contribution in [0.5, 0.6) is 0 Å². The van der Waals surface area contributed by atoms with E-state index in [9.17, 15) is 0 Å². The van der Waals surface area contributed by atoms with Crippen molar-refractivity contribution in [2.45, 2.75) is 26.3 Å². The maximum Gasteiger partial charge on any atom is 0.258 e. The Morgan fingerprint density at radius 2 is 2.27 bits per heavy atom. The number of hydrogen-bond donors (Lipinski definition) is 0. The van der Waals surface area contributed by atoms with Crippen LogP contribution in [0.3, 0.4) is 0 Å². The quantitative estimate of drug-likeness (QED) is 0.602. The molecule has 1 atom stereocenters. The van der Waals surface area contributed by atoms with Gasteiger partial charge in [-0.05, 0) is 20.3 Å². The van der Waals surface area contributed by atoms with Gasteiger partial charge in [0.05, 0.1) is 6.61 Å². The van der Waals surface area contributed by atoms with Crippen LogP contribution < -0.4 is 0 Å². The topological polar surface area (TPSA) is 21.7 Å². The molecular weight excluding hydrogens is 161 g/mol. The van der Waals surface area contributed by atoms with E-state index >= 15 is 0 Å². The highest BCUT2D eigenvalue weighted by molar-refractivity contribution is 7.44. The zero-order valence-corrected chi connectivity index (χ0v) is 8.30. The van der Waals surface area contributed by atoms with Crippen molar-refractivity contribution in [3.8, 4) is 0 Å². The first kappa shape index (κ1) is 9.40. The predicted molar refractivity (Wildman–Crippen MR) is 46.3 cm³/mol. The van der Waals surface area contributed by atoms with E-state index in [2.05, 4.69) is 18.5 Å². The van der Waals surface area contributed by atoms with Gasteiger partial charge in [-0.3, -0.25) is 0 Å². The van der Waals surface area contributed by atoms with E-state index in [1.807, 2.05) is 0 Å². The normalized spacial score (nSPS) is 27.8. The van der Waals surface area contributed by atoms with Crippen LogP contribution >= 0.6 is 8.53 Å². The highest BCUT2D eigenvalue weighted by atomic mass is 31.2. The van der Waals surface area contributed by atoms with Crippen molar-refractivity contribution >= 4 is 8.53 Å². The first-order valence-electron chi connectivity index (χ1n) is 3.99. The van der Waals surface area contributed by atoms with E-state index < -0.39 is 8.53 Å². The Hall–Kier alpha value is 0.310. The van der Waals surface area contributed by atoms with Crippen LogP contribution in [0.15, 0.2) is 0 Å². The van der Waals surface area contributed by atoms with Crippen molar-refractivity contribution in [2.24, 2.45) is 0 Å². The molecule has 66 valence electrons. The first-order chi connectivity index (χ1) is 5.25. The van der Waals surface area contributed by atoms with Crippen LogP contribution in [0.25, 0.3) is 0 Å². The summed E-state index contributed by atoms with van der Waals surface area (Å²) in [7, 11) is 0.976. The van der Waals surface area contributed by atoms with Crippen LogP contribution in [0.1, 0.15) is 20.3 Å². The maximum absolute atomic E-state index is 5.47. The summed E-state index contributed by atoms with van der Waals surface area (Å²) in [4.78, 5) is 0. The van der Waals surface area contributed by atoms with Crippen molar-refractivity contribution in [1.29, 1.82) is 0 Å². The molecule has 1 unspecified atom stereocenters. The third-order valence-corrected chi connectivity index (χ3v) is 3.49. The summed E-state index contributed by atoms with van der Waals surface area (Å²) in [5, 5.41) is 0. The van der Waals surface area contributed by atoms with Gasteiger partial charge in [0, 0.05) is 19.7 Å². The smallest absolute Gasteiger partial charge is 0.258 e. The second-order valence-electron chi connectivity index (χ2n) is 2.86. The molecule has 4 heteroatoms. The van der Waals surface area contributed by atoms with E-state index in [4.69, 9.17) is 9.05 Å². The zero-order chi connectivity index (χ0) is 8.27. The van der Waals surface area contributed by atoms with E-state index in [-0.39, 0.29) is 0 Å². The second kappa shape index (κ2) is 4.36. The Balaban J connectivity index is 2.44. The summed E-state index contributed by atoms with van der Waals surface area (Å²) in [6.45, 7) is 6.30. The lowest BCUT2D eigenvalue weighted by atomic mass is 10.3. The largest absolute Gasteiger partial charge is 0.325 e. The third-order valence-electron chi connectivity index (χ3n) is 1.70. The molecule has 0 aliphatic carbocycles. The Morgan fingerprint density at radius 1 is 1.55 bits per heavy atom. The van der Waals surface area contributed by atoms with Crippen LogP contribution in [0.2, 0.25) is 0 Å². The summed E-state index contributed by atoms with van der Waals surface area (Å²) < 4.78 is 13.0. The van der Waals surface area contributed by atoms with Crippen LogP contribution in [0.4, 0.5) is 0 Å². The zero-order valence-electron chi connectivity index (χ0n) is 7.41. The minimum atomic E-state index is -0.739. The fourth-order valence-corrected chi connectivity index (χ4v) is 2.56. The highest BCUT2D eigenvalue weighted by Crippen LogP contribution is 2.45. The summed E-state index contributed by atoms with van der Waals surface area (Å²) in [5.41, 5.74) is 0. The molecule has 11 heavy (non-hydrogen) atoms. The van der Waals surface area contributed by atoms with Gasteiger partial charge in [0.15, 0.2) is 0 Å². The molecule has 0 spiro atoms. The monoisotopic (exact) mass is 177 g/mol. The molecular formula is C7H16NO2P. The van der Waals surface area contributed by atoms with Crippen molar-refractivity contribution in [3.05, 3.63) is 0 Å².